The molecule has 2 N–H and O–H groups in total. The van der Waals surface area contributed by atoms with Crippen molar-refractivity contribution in [1.82, 2.24) is 10.6 Å². The molecule has 0 saturated heterocycles. The Hall–Kier alpha value is -0.570. The van der Waals surface area contributed by atoms with Crippen molar-refractivity contribution in [2.75, 3.05) is 6.54 Å². The number of hydrogen-bond donors (Lipinski definition) is 2. The van der Waals surface area contributed by atoms with E-state index in [4.69, 9.17) is 0 Å². The monoisotopic (exact) mass is 198 g/mol. The standard InChI is InChI=1S/C11H22N2O/c1-4-11(3,5-2)12-8-10(14)13-9-6-7-9/h9,12H,4-8H2,1-3H3,(H,13,14). The molecule has 82 valence electrons. The first-order chi connectivity index (χ1) is 6.59. The Morgan fingerprint density at radius 3 is 2.36 bits per heavy atom. The Kier molecular flexibility index (Phi) is 3.93. The van der Waals surface area contributed by atoms with Gasteiger partial charge in [0.05, 0.1) is 6.54 Å². The molecule has 0 unspecified atom stereocenters. The van der Waals surface area contributed by atoms with Crippen molar-refractivity contribution in [3.8, 4) is 0 Å². The maximum Gasteiger partial charge on any atom is 0.234 e. The van der Waals surface area contributed by atoms with Crippen LogP contribution in [0, 0.1) is 0 Å². The van der Waals surface area contributed by atoms with Crippen molar-refractivity contribution in [2.24, 2.45) is 0 Å². The molecular weight excluding hydrogens is 176 g/mol. The molecule has 3 nitrogen and oxygen atoms in total. The van der Waals surface area contributed by atoms with Crippen molar-refractivity contribution >= 4 is 5.91 Å². The highest BCUT2D eigenvalue weighted by Crippen LogP contribution is 2.18. The lowest BCUT2D eigenvalue weighted by atomic mass is 9.96. The summed E-state index contributed by atoms with van der Waals surface area (Å²) in [6.45, 7) is 6.91. The summed E-state index contributed by atoms with van der Waals surface area (Å²) in [4.78, 5) is 11.4. The van der Waals surface area contributed by atoms with Gasteiger partial charge in [-0.3, -0.25) is 4.79 Å². The number of rotatable bonds is 6. The molecule has 1 aliphatic rings. The van der Waals surface area contributed by atoms with Gasteiger partial charge >= 0.3 is 0 Å². The molecule has 0 radical (unpaired) electrons. The smallest absolute Gasteiger partial charge is 0.234 e. The van der Waals surface area contributed by atoms with Gasteiger partial charge in [-0.2, -0.15) is 0 Å². The average molecular weight is 198 g/mol. The molecule has 1 fully saturated rings. The molecule has 0 aromatic heterocycles. The number of amides is 1. The first-order valence-electron chi connectivity index (χ1n) is 5.64. The molecule has 0 aromatic rings. The van der Waals surface area contributed by atoms with Crippen molar-refractivity contribution in [3.63, 3.8) is 0 Å². The van der Waals surface area contributed by atoms with Gasteiger partial charge < -0.3 is 10.6 Å². The minimum atomic E-state index is 0.112. The Bertz CT molecular complexity index is 195. The van der Waals surface area contributed by atoms with Crippen molar-refractivity contribution in [1.29, 1.82) is 0 Å². The van der Waals surface area contributed by atoms with Crippen molar-refractivity contribution in [2.45, 2.75) is 58.0 Å². The summed E-state index contributed by atoms with van der Waals surface area (Å²) in [5.74, 6) is 0.139. The predicted octanol–water partition coefficient (Wildman–Crippen LogP) is 1.43. The normalized spacial score (nSPS) is 16.8. The summed E-state index contributed by atoms with van der Waals surface area (Å²) in [6, 6.07) is 0.471. The minimum Gasteiger partial charge on any atom is -0.352 e. The van der Waals surface area contributed by atoms with Gasteiger partial charge in [0.25, 0.3) is 0 Å². The SMILES string of the molecule is CCC(C)(CC)NCC(=O)NC1CC1. The van der Waals surface area contributed by atoms with E-state index in [1.54, 1.807) is 0 Å². The molecule has 0 heterocycles. The molecule has 0 spiro atoms. The zero-order valence-electron chi connectivity index (χ0n) is 9.52. The highest BCUT2D eigenvalue weighted by atomic mass is 16.2. The number of nitrogens with one attached hydrogen (secondary N) is 2. The van der Waals surface area contributed by atoms with Gasteiger partial charge in [0, 0.05) is 11.6 Å². The number of hydrogen-bond acceptors (Lipinski definition) is 2. The van der Waals surface area contributed by atoms with E-state index < -0.39 is 0 Å². The third-order valence-corrected chi connectivity index (χ3v) is 3.18. The van der Waals surface area contributed by atoms with Crippen LogP contribution in [0.4, 0.5) is 0 Å². The fourth-order valence-corrected chi connectivity index (χ4v) is 1.30. The summed E-state index contributed by atoms with van der Waals surface area (Å²) in [5.41, 5.74) is 0.112. The molecule has 0 bridgehead atoms. The third kappa shape index (κ3) is 3.66. The molecule has 0 aliphatic heterocycles. The first-order valence-corrected chi connectivity index (χ1v) is 5.64. The van der Waals surface area contributed by atoms with Gasteiger partial charge in [-0.05, 0) is 32.6 Å². The number of carbonyl (C=O) groups excluding carboxylic acids is 1. The molecule has 0 aromatic carbocycles. The van der Waals surface area contributed by atoms with Gasteiger partial charge in [-0.15, -0.1) is 0 Å². The van der Waals surface area contributed by atoms with Gasteiger partial charge in [0.2, 0.25) is 5.91 Å². The van der Waals surface area contributed by atoms with Crippen LogP contribution in [0.2, 0.25) is 0 Å². The van der Waals surface area contributed by atoms with E-state index in [-0.39, 0.29) is 11.4 Å². The topological polar surface area (TPSA) is 41.1 Å². The van der Waals surface area contributed by atoms with E-state index in [2.05, 4.69) is 31.4 Å². The zero-order valence-corrected chi connectivity index (χ0v) is 9.52. The summed E-state index contributed by atoms with van der Waals surface area (Å²) >= 11 is 0. The minimum absolute atomic E-state index is 0.112. The second-order valence-electron chi connectivity index (χ2n) is 4.46. The van der Waals surface area contributed by atoms with Crippen LogP contribution in [0.5, 0.6) is 0 Å². The lowest BCUT2D eigenvalue weighted by Crippen LogP contribution is -2.46. The fourth-order valence-electron chi connectivity index (χ4n) is 1.30. The predicted molar refractivity (Wildman–Crippen MR) is 58.2 cm³/mol. The maximum atomic E-state index is 11.4. The molecule has 14 heavy (non-hydrogen) atoms. The van der Waals surface area contributed by atoms with Crippen LogP contribution < -0.4 is 10.6 Å². The van der Waals surface area contributed by atoms with Crippen LogP contribution in [-0.4, -0.2) is 24.0 Å². The third-order valence-electron chi connectivity index (χ3n) is 3.18. The maximum absolute atomic E-state index is 11.4. The highest BCUT2D eigenvalue weighted by Gasteiger charge is 2.24. The van der Waals surface area contributed by atoms with Crippen LogP contribution in [-0.2, 0) is 4.79 Å². The van der Waals surface area contributed by atoms with Gasteiger partial charge in [-0.25, -0.2) is 0 Å². The Morgan fingerprint density at radius 2 is 1.93 bits per heavy atom. The van der Waals surface area contributed by atoms with E-state index in [0.717, 1.165) is 25.7 Å². The first kappa shape index (κ1) is 11.5. The summed E-state index contributed by atoms with van der Waals surface area (Å²) in [7, 11) is 0. The lowest BCUT2D eigenvalue weighted by Gasteiger charge is -2.28. The van der Waals surface area contributed by atoms with Crippen LogP contribution in [0.1, 0.15) is 46.5 Å². The molecule has 1 aliphatic carbocycles. The zero-order chi connectivity index (χ0) is 10.6. The van der Waals surface area contributed by atoms with Crippen LogP contribution >= 0.6 is 0 Å². The van der Waals surface area contributed by atoms with Crippen molar-refractivity contribution in [3.05, 3.63) is 0 Å². The van der Waals surface area contributed by atoms with E-state index >= 15 is 0 Å². The van der Waals surface area contributed by atoms with E-state index in [1.807, 2.05) is 0 Å². The molecule has 0 atom stereocenters. The summed E-state index contributed by atoms with van der Waals surface area (Å²) in [5, 5.41) is 6.29. The second-order valence-corrected chi connectivity index (χ2v) is 4.46. The van der Waals surface area contributed by atoms with E-state index in [0.29, 0.717) is 12.6 Å². The highest BCUT2D eigenvalue weighted by molar-refractivity contribution is 5.78. The Morgan fingerprint density at radius 1 is 1.36 bits per heavy atom. The summed E-state index contributed by atoms with van der Waals surface area (Å²) in [6.07, 6.45) is 4.43. The largest absolute Gasteiger partial charge is 0.352 e. The Labute approximate surface area is 86.6 Å². The number of carbonyl (C=O) groups is 1. The average Bonchev–Trinajstić information content (AvgIpc) is 2.98. The molecule has 1 saturated carbocycles. The van der Waals surface area contributed by atoms with E-state index in [1.165, 1.54) is 0 Å². The van der Waals surface area contributed by atoms with Gasteiger partial charge in [0.1, 0.15) is 0 Å². The lowest BCUT2D eigenvalue weighted by molar-refractivity contribution is -0.120. The second kappa shape index (κ2) is 4.78. The molecular formula is C11H22N2O. The van der Waals surface area contributed by atoms with Gasteiger partial charge in [0.15, 0.2) is 0 Å². The van der Waals surface area contributed by atoms with Crippen LogP contribution in [0.25, 0.3) is 0 Å². The quantitative estimate of drug-likeness (QED) is 0.678. The summed E-state index contributed by atoms with van der Waals surface area (Å²) < 4.78 is 0. The molecule has 3 heteroatoms. The van der Waals surface area contributed by atoms with Crippen LogP contribution in [0.15, 0.2) is 0 Å². The van der Waals surface area contributed by atoms with Crippen LogP contribution in [0.3, 0.4) is 0 Å². The van der Waals surface area contributed by atoms with E-state index in [9.17, 15) is 4.79 Å². The Balaban J connectivity index is 2.19. The van der Waals surface area contributed by atoms with Gasteiger partial charge in [-0.1, -0.05) is 13.8 Å². The van der Waals surface area contributed by atoms with Crippen molar-refractivity contribution < 1.29 is 4.79 Å². The fraction of sp³-hybridized carbons (Fsp3) is 0.909. The molecule has 1 rings (SSSR count). The molecule has 1 amide bonds.